The summed E-state index contributed by atoms with van der Waals surface area (Å²) < 4.78 is 0. The van der Waals surface area contributed by atoms with E-state index in [4.69, 9.17) is 5.11 Å². The van der Waals surface area contributed by atoms with Gasteiger partial charge < -0.3 is 5.11 Å². The molecule has 0 fully saturated rings. The molecule has 0 saturated carbocycles. The van der Waals surface area contributed by atoms with Crippen molar-refractivity contribution in [2.24, 2.45) is 0 Å². The molecule has 0 bridgehead atoms. The van der Waals surface area contributed by atoms with E-state index in [-0.39, 0.29) is 0 Å². The predicted octanol–water partition coefficient (Wildman–Crippen LogP) is 7.78. The minimum Gasteiger partial charge on any atom is -0.478 e. The Morgan fingerprint density at radius 3 is 1.54 bits per heavy atom. The Hall–Kier alpha value is -1.57. The van der Waals surface area contributed by atoms with E-state index >= 15 is 0 Å². The molecule has 0 heterocycles. The Kier molecular flexibility index (Phi) is 20.2. The number of hydrogen-bond donors (Lipinski definition) is 1. The van der Waals surface area contributed by atoms with E-state index < -0.39 is 5.97 Å². The molecule has 0 amide bonds. The first-order valence-electron chi connectivity index (χ1n) is 10.7. The first kappa shape index (κ1) is 24.4. The quantitative estimate of drug-likeness (QED) is 0.154. The number of rotatable bonds is 18. The van der Waals surface area contributed by atoms with Gasteiger partial charge in [0, 0.05) is 6.08 Å². The Labute approximate surface area is 161 Å². The largest absolute Gasteiger partial charge is 0.478 e. The molecule has 0 aliphatic carbocycles. The number of carbonyl (C=O) groups is 1. The number of unbranched alkanes of at least 4 members (excludes halogenated alkanes) is 13. The molecule has 0 radical (unpaired) electrons. The van der Waals surface area contributed by atoms with Crippen molar-refractivity contribution in [3.63, 3.8) is 0 Å². The summed E-state index contributed by atoms with van der Waals surface area (Å²) in [5, 5.41) is 8.42. The second-order valence-corrected chi connectivity index (χ2v) is 6.93. The number of allylic oxidation sites excluding steroid dienone is 7. The van der Waals surface area contributed by atoms with Gasteiger partial charge in [-0.3, -0.25) is 0 Å². The van der Waals surface area contributed by atoms with Crippen molar-refractivity contribution >= 4 is 5.97 Å². The van der Waals surface area contributed by atoms with Gasteiger partial charge >= 0.3 is 5.97 Å². The van der Waals surface area contributed by atoms with Gasteiger partial charge in [-0.25, -0.2) is 4.79 Å². The van der Waals surface area contributed by atoms with E-state index in [0.717, 1.165) is 12.5 Å². The van der Waals surface area contributed by atoms with Crippen LogP contribution in [0.1, 0.15) is 96.8 Å². The van der Waals surface area contributed by atoms with Crippen molar-refractivity contribution in [3.8, 4) is 0 Å². The Morgan fingerprint density at radius 2 is 1.04 bits per heavy atom. The third-order valence-corrected chi connectivity index (χ3v) is 4.40. The van der Waals surface area contributed by atoms with Gasteiger partial charge in [0.25, 0.3) is 0 Å². The zero-order valence-corrected chi connectivity index (χ0v) is 16.9. The lowest BCUT2D eigenvalue weighted by atomic mass is 10.0. The predicted molar refractivity (Wildman–Crippen MR) is 115 cm³/mol. The first-order chi connectivity index (χ1) is 12.8. The first-order valence-corrected chi connectivity index (χ1v) is 10.7. The summed E-state index contributed by atoms with van der Waals surface area (Å²) in [5.41, 5.74) is 0. The Bertz CT molecular complexity index is 416. The molecule has 148 valence electrons. The third-order valence-electron chi connectivity index (χ3n) is 4.40. The highest BCUT2D eigenvalue weighted by molar-refractivity contribution is 5.80. The van der Waals surface area contributed by atoms with Crippen LogP contribution in [0.15, 0.2) is 48.6 Å². The van der Waals surface area contributed by atoms with E-state index in [9.17, 15) is 4.79 Å². The Morgan fingerprint density at radius 1 is 0.615 bits per heavy atom. The highest BCUT2D eigenvalue weighted by Gasteiger charge is 1.93. The number of aliphatic carboxylic acids is 1. The molecule has 2 heteroatoms. The van der Waals surface area contributed by atoms with Crippen LogP contribution in [-0.4, -0.2) is 11.1 Å². The van der Waals surface area contributed by atoms with Gasteiger partial charge in [-0.05, 0) is 12.8 Å². The van der Waals surface area contributed by atoms with E-state index in [2.05, 4.69) is 19.1 Å². The van der Waals surface area contributed by atoms with Crippen LogP contribution in [0.5, 0.6) is 0 Å². The second kappa shape index (κ2) is 21.5. The summed E-state index contributed by atoms with van der Waals surface area (Å²) in [6, 6.07) is 0. The average molecular weight is 361 g/mol. The number of carboxylic acids is 1. The van der Waals surface area contributed by atoms with Crippen molar-refractivity contribution in [1.29, 1.82) is 0 Å². The third kappa shape index (κ3) is 22.4. The summed E-state index contributed by atoms with van der Waals surface area (Å²) in [4.78, 5) is 10.3. The summed E-state index contributed by atoms with van der Waals surface area (Å²) in [6.07, 6.45) is 33.6. The van der Waals surface area contributed by atoms with Crippen molar-refractivity contribution < 1.29 is 9.90 Å². The maximum Gasteiger partial charge on any atom is 0.328 e. The molecule has 0 atom stereocenters. The molecular weight excluding hydrogens is 320 g/mol. The zero-order chi connectivity index (χ0) is 19.1. The lowest BCUT2D eigenvalue weighted by molar-refractivity contribution is -0.131. The molecule has 0 aromatic heterocycles. The minimum absolute atomic E-state index is 0.920. The summed E-state index contributed by atoms with van der Waals surface area (Å²) in [5.74, 6) is -0.920. The number of carboxylic acid groups (broad SMARTS) is 1. The molecule has 0 aromatic carbocycles. The van der Waals surface area contributed by atoms with Crippen LogP contribution >= 0.6 is 0 Å². The van der Waals surface area contributed by atoms with Crippen LogP contribution < -0.4 is 0 Å². The molecule has 1 N–H and O–H groups in total. The lowest BCUT2D eigenvalue weighted by Gasteiger charge is -2.02. The number of hydrogen-bond acceptors (Lipinski definition) is 1. The van der Waals surface area contributed by atoms with Gasteiger partial charge in [-0.15, -0.1) is 0 Å². The van der Waals surface area contributed by atoms with Gasteiger partial charge in [-0.2, -0.15) is 0 Å². The molecule has 0 aromatic rings. The SMILES string of the molecule is CCCCCCCCCCCCCCCC=CC=CC=CC=CC(=O)O. The molecule has 0 spiro atoms. The summed E-state index contributed by atoms with van der Waals surface area (Å²) >= 11 is 0. The van der Waals surface area contributed by atoms with Crippen LogP contribution in [0, 0.1) is 0 Å². The molecule has 0 rings (SSSR count). The molecule has 0 aliphatic heterocycles. The fourth-order valence-electron chi connectivity index (χ4n) is 2.85. The lowest BCUT2D eigenvalue weighted by Crippen LogP contribution is -1.84. The van der Waals surface area contributed by atoms with E-state index in [1.54, 1.807) is 6.08 Å². The van der Waals surface area contributed by atoms with Gasteiger partial charge in [0.1, 0.15) is 0 Å². The van der Waals surface area contributed by atoms with Crippen molar-refractivity contribution in [3.05, 3.63) is 48.6 Å². The highest BCUT2D eigenvalue weighted by Crippen LogP contribution is 2.12. The van der Waals surface area contributed by atoms with Gasteiger partial charge in [0.05, 0.1) is 0 Å². The maximum atomic E-state index is 10.3. The summed E-state index contributed by atoms with van der Waals surface area (Å²) in [6.45, 7) is 2.28. The monoisotopic (exact) mass is 360 g/mol. The molecule has 0 unspecified atom stereocenters. The van der Waals surface area contributed by atoms with Crippen LogP contribution in [0.2, 0.25) is 0 Å². The molecule has 0 aliphatic rings. The van der Waals surface area contributed by atoms with E-state index in [0.29, 0.717) is 0 Å². The van der Waals surface area contributed by atoms with Crippen molar-refractivity contribution in [1.82, 2.24) is 0 Å². The molecule has 26 heavy (non-hydrogen) atoms. The second-order valence-electron chi connectivity index (χ2n) is 6.93. The zero-order valence-electron chi connectivity index (χ0n) is 16.9. The molecule has 0 saturated heterocycles. The summed E-state index contributed by atoms with van der Waals surface area (Å²) in [7, 11) is 0. The smallest absolute Gasteiger partial charge is 0.328 e. The van der Waals surface area contributed by atoms with Gasteiger partial charge in [0.2, 0.25) is 0 Å². The van der Waals surface area contributed by atoms with Crippen molar-refractivity contribution in [2.45, 2.75) is 96.8 Å². The normalized spacial score (nSPS) is 12.3. The topological polar surface area (TPSA) is 37.3 Å². The maximum absolute atomic E-state index is 10.3. The van der Waals surface area contributed by atoms with Crippen LogP contribution in [0.4, 0.5) is 0 Å². The molecule has 2 nitrogen and oxygen atoms in total. The van der Waals surface area contributed by atoms with Crippen molar-refractivity contribution in [2.75, 3.05) is 0 Å². The van der Waals surface area contributed by atoms with Crippen LogP contribution in [0.3, 0.4) is 0 Å². The van der Waals surface area contributed by atoms with E-state index in [1.807, 2.05) is 18.2 Å². The fourth-order valence-corrected chi connectivity index (χ4v) is 2.85. The average Bonchev–Trinajstić information content (AvgIpc) is 2.62. The highest BCUT2D eigenvalue weighted by atomic mass is 16.4. The Balaban J connectivity index is 3.27. The van der Waals surface area contributed by atoms with E-state index in [1.165, 1.54) is 89.5 Å². The minimum atomic E-state index is -0.920. The fraction of sp³-hybridized carbons (Fsp3) is 0.625. The molecular formula is C24H40O2. The van der Waals surface area contributed by atoms with Gasteiger partial charge in [-0.1, -0.05) is 127 Å². The van der Waals surface area contributed by atoms with Crippen LogP contribution in [-0.2, 0) is 4.79 Å². The van der Waals surface area contributed by atoms with Gasteiger partial charge in [0.15, 0.2) is 0 Å². The standard InChI is InChI=1S/C24H40O2/c1-2-3-4-5-6-7-8-9-10-11-12-13-14-15-16-17-18-19-20-21-22-23-24(25)26/h16-23H,2-15H2,1H3,(H,25,26). The van der Waals surface area contributed by atoms with Crippen LogP contribution in [0.25, 0.3) is 0 Å².